The van der Waals surface area contributed by atoms with E-state index in [1.165, 1.54) is 22.7 Å². The number of rotatable bonds is 6. The molecule has 0 saturated heterocycles. The number of nitrogens with zero attached hydrogens (tertiary/aromatic N) is 3. The molecule has 0 unspecified atom stereocenters. The highest BCUT2D eigenvalue weighted by atomic mass is 35.5. The van der Waals surface area contributed by atoms with Gasteiger partial charge in [0, 0.05) is 18.5 Å². The van der Waals surface area contributed by atoms with Crippen molar-refractivity contribution >= 4 is 40.2 Å². The molecule has 1 aromatic carbocycles. The monoisotopic (exact) mass is 399 g/mol. The zero-order valence-corrected chi connectivity index (χ0v) is 16.1. The Morgan fingerprint density at radius 2 is 2.08 bits per heavy atom. The summed E-state index contributed by atoms with van der Waals surface area (Å²) < 4.78 is 0.692. The fourth-order valence-electron chi connectivity index (χ4n) is 2.36. The first-order valence-electron chi connectivity index (χ1n) is 7.71. The van der Waals surface area contributed by atoms with Gasteiger partial charge in [0.1, 0.15) is 10.7 Å². The fraction of sp³-hybridized carbons (Fsp3) is 0.105. The summed E-state index contributed by atoms with van der Waals surface area (Å²) in [4.78, 5) is 19.9. The zero-order chi connectivity index (χ0) is 18.5. The molecule has 3 aromatic rings. The molecule has 0 bridgehead atoms. The molecule has 0 saturated carbocycles. The second kappa shape index (κ2) is 8.28. The van der Waals surface area contributed by atoms with E-state index in [0.29, 0.717) is 28.7 Å². The molecule has 0 spiro atoms. The summed E-state index contributed by atoms with van der Waals surface area (Å²) in [7, 11) is 0. The van der Waals surface area contributed by atoms with Crippen LogP contribution in [0.4, 0.5) is 0 Å². The number of amides is 1. The second-order valence-corrected chi connectivity index (χ2v) is 8.00. The average molecular weight is 400 g/mol. The van der Waals surface area contributed by atoms with E-state index in [1.54, 1.807) is 28.5 Å². The first-order valence-corrected chi connectivity index (χ1v) is 9.78. The number of hydrogen-bond donors (Lipinski definition) is 0. The fourth-order valence-corrected chi connectivity index (χ4v) is 4.27. The molecule has 2 aromatic heterocycles. The minimum Gasteiger partial charge on any atom is -0.329 e. The van der Waals surface area contributed by atoms with Crippen LogP contribution < -0.4 is 0 Å². The number of aromatic nitrogens is 1. The van der Waals surface area contributed by atoms with Crippen LogP contribution in [-0.4, -0.2) is 22.3 Å². The quantitative estimate of drug-likeness (QED) is 0.533. The van der Waals surface area contributed by atoms with Crippen LogP contribution in [0, 0.1) is 11.3 Å². The molecular formula is C19H14ClN3OS2. The number of nitriles is 1. The van der Waals surface area contributed by atoms with Gasteiger partial charge in [-0.1, -0.05) is 29.8 Å². The van der Waals surface area contributed by atoms with Crippen LogP contribution in [0.1, 0.15) is 21.6 Å². The molecule has 7 heteroatoms. The third-order valence-corrected chi connectivity index (χ3v) is 5.84. The van der Waals surface area contributed by atoms with Crippen LogP contribution in [0.15, 0.2) is 54.4 Å². The Morgan fingerprint density at radius 1 is 1.31 bits per heavy atom. The van der Waals surface area contributed by atoms with Gasteiger partial charge < -0.3 is 4.90 Å². The van der Waals surface area contributed by atoms with Gasteiger partial charge in [0.15, 0.2) is 0 Å². The first kappa shape index (κ1) is 18.3. The smallest absolute Gasteiger partial charge is 0.273 e. The third-order valence-electron chi connectivity index (χ3n) is 3.60. The first-order chi connectivity index (χ1) is 12.6. The molecule has 4 nitrogen and oxygen atoms in total. The lowest BCUT2D eigenvalue weighted by Crippen LogP contribution is -2.30. The highest BCUT2D eigenvalue weighted by Crippen LogP contribution is 2.33. The summed E-state index contributed by atoms with van der Waals surface area (Å²) >= 11 is 8.83. The van der Waals surface area contributed by atoms with Crippen molar-refractivity contribution in [1.82, 2.24) is 9.88 Å². The van der Waals surface area contributed by atoms with E-state index in [4.69, 9.17) is 16.9 Å². The van der Waals surface area contributed by atoms with Gasteiger partial charge >= 0.3 is 0 Å². The topological polar surface area (TPSA) is 57.0 Å². The Labute approximate surface area is 164 Å². The molecule has 0 aliphatic heterocycles. The zero-order valence-electron chi connectivity index (χ0n) is 13.7. The summed E-state index contributed by atoms with van der Waals surface area (Å²) in [5.41, 5.74) is 1.94. The van der Waals surface area contributed by atoms with Crippen molar-refractivity contribution in [3.05, 3.63) is 75.6 Å². The third kappa shape index (κ3) is 4.20. The second-order valence-electron chi connectivity index (χ2n) is 5.42. The van der Waals surface area contributed by atoms with Gasteiger partial charge in [-0.15, -0.1) is 29.3 Å². The van der Waals surface area contributed by atoms with Gasteiger partial charge in [0.25, 0.3) is 5.91 Å². The van der Waals surface area contributed by atoms with Crippen molar-refractivity contribution in [3.8, 4) is 16.0 Å². The van der Waals surface area contributed by atoms with Crippen molar-refractivity contribution in [2.24, 2.45) is 0 Å². The summed E-state index contributed by atoms with van der Waals surface area (Å²) in [6, 6.07) is 13.0. The normalized spacial score (nSPS) is 10.3. The van der Waals surface area contributed by atoms with Crippen molar-refractivity contribution < 1.29 is 4.79 Å². The molecule has 0 radical (unpaired) electrons. The Balaban J connectivity index is 1.79. The van der Waals surface area contributed by atoms with Gasteiger partial charge in [-0.3, -0.25) is 4.79 Å². The lowest BCUT2D eigenvalue weighted by atomic mass is 10.1. The lowest BCUT2D eigenvalue weighted by Gasteiger charge is -2.20. The van der Waals surface area contributed by atoms with Gasteiger partial charge in [0.2, 0.25) is 0 Å². The molecule has 2 heterocycles. The van der Waals surface area contributed by atoms with Crippen molar-refractivity contribution in [2.45, 2.75) is 6.54 Å². The van der Waals surface area contributed by atoms with Gasteiger partial charge in [-0.05, 0) is 29.8 Å². The van der Waals surface area contributed by atoms with Crippen LogP contribution >= 0.6 is 34.3 Å². The Hall–Kier alpha value is -2.46. The summed E-state index contributed by atoms with van der Waals surface area (Å²) in [5.74, 6) is -0.153. The van der Waals surface area contributed by atoms with Crippen LogP contribution in [-0.2, 0) is 6.54 Å². The number of carbonyl (C=O) groups excluding carboxylic acids is 1. The SMILES string of the molecule is C=CCN(Cc1ccc(C#N)cc1)C(=O)c1csc(-c2ccc(Cl)s2)n1. The maximum atomic E-state index is 12.9. The van der Waals surface area contributed by atoms with Gasteiger partial charge in [-0.2, -0.15) is 5.26 Å². The van der Waals surface area contributed by atoms with Gasteiger partial charge in [-0.25, -0.2) is 4.98 Å². The maximum Gasteiger partial charge on any atom is 0.273 e. The number of thiazole rings is 1. The van der Waals surface area contributed by atoms with E-state index in [1.807, 2.05) is 24.3 Å². The van der Waals surface area contributed by atoms with Crippen molar-refractivity contribution in [1.29, 1.82) is 5.26 Å². The summed E-state index contributed by atoms with van der Waals surface area (Å²) in [6.07, 6.45) is 1.69. The highest BCUT2D eigenvalue weighted by Gasteiger charge is 2.19. The summed E-state index contributed by atoms with van der Waals surface area (Å²) in [6.45, 7) is 4.57. The Bertz CT molecular complexity index is 969. The highest BCUT2D eigenvalue weighted by molar-refractivity contribution is 7.23. The molecule has 0 aliphatic rings. The van der Waals surface area contributed by atoms with Crippen LogP contribution in [0.3, 0.4) is 0 Å². The number of halogens is 1. The van der Waals surface area contributed by atoms with E-state index in [9.17, 15) is 4.79 Å². The minimum atomic E-state index is -0.153. The molecule has 130 valence electrons. The van der Waals surface area contributed by atoms with Crippen molar-refractivity contribution in [3.63, 3.8) is 0 Å². The number of carbonyl (C=O) groups is 1. The van der Waals surface area contributed by atoms with Crippen molar-refractivity contribution in [2.75, 3.05) is 6.54 Å². The number of hydrogen-bond acceptors (Lipinski definition) is 5. The standard InChI is InChI=1S/C19H14ClN3OS2/c1-2-9-23(11-14-5-3-13(10-21)4-6-14)19(24)15-12-25-18(22-15)16-7-8-17(20)26-16/h2-8,12H,1,9,11H2. The van der Waals surface area contributed by atoms with Gasteiger partial charge in [0.05, 0.1) is 20.8 Å². The van der Waals surface area contributed by atoms with Crippen LogP contribution in [0.25, 0.3) is 9.88 Å². The van der Waals surface area contributed by atoms with Crippen LogP contribution in [0.5, 0.6) is 0 Å². The Morgan fingerprint density at radius 3 is 2.69 bits per heavy atom. The Kier molecular flexibility index (Phi) is 5.84. The predicted molar refractivity (Wildman–Crippen MR) is 107 cm³/mol. The maximum absolute atomic E-state index is 12.9. The van der Waals surface area contributed by atoms with E-state index >= 15 is 0 Å². The molecule has 0 N–H and O–H groups in total. The predicted octanol–water partition coefficient (Wildman–Crippen LogP) is 5.23. The molecule has 1 amide bonds. The minimum absolute atomic E-state index is 0.153. The van der Waals surface area contributed by atoms with E-state index in [0.717, 1.165) is 15.4 Å². The molecule has 0 fully saturated rings. The largest absolute Gasteiger partial charge is 0.329 e. The number of benzene rings is 1. The van der Waals surface area contributed by atoms with E-state index in [-0.39, 0.29) is 5.91 Å². The lowest BCUT2D eigenvalue weighted by molar-refractivity contribution is 0.0757. The molecular weight excluding hydrogens is 386 g/mol. The van der Waals surface area contributed by atoms with Crippen LogP contribution in [0.2, 0.25) is 4.34 Å². The molecule has 3 rings (SSSR count). The average Bonchev–Trinajstić information content (AvgIpc) is 3.30. The molecule has 0 atom stereocenters. The van der Waals surface area contributed by atoms with E-state index < -0.39 is 0 Å². The van der Waals surface area contributed by atoms with E-state index in [2.05, 4.69) is 17.6 Å². The molecule has 26 heavy (non-hydrogen) atoms. The number of thiophene rings is 1. The molecule has 0 aliphatic carbocycles. The summed E-state index contributed by atoms with van der Waals surface area (Å²) in [5, 5.41) is 11.4.